The summed E-state index contributed by atoms with van der Waals surface area (Å²) in [4.78, 5) is 10.9. The van der Waals surface area contributed by atoms with Gasteiger partial charge in [-0.3, -0.25) is 4.79 Å². The number of aliphatic hydroxyl groups excluding tert-OH is 1. The van der Waals surface area contributed by atoms with E-state index in [1.807, 2.05) is 6.92 Å². The lowest BCUT2D eigenvalue weighted by atomic mass is 10.2. The Morgan fingerprint density at radius 2 is 2.25 bits per heavy atom. The van der Waals surface area contributed by atoms with Crippen molar-refractivity contribution in [2.75, 3.05) is 6.61 Å². The lowest BCUT2D eigenvalue weighted by Gasteiger charge is -2.04. The molecule has 1 N–H and O–H groups in total. The molecule has 1 atom stereocenters. The van der Waals surface area contributed by atoms with Gasteiger partial charge in [0.2, 0.25) is 0 Å². The van der Waals surface area contributed by atoms with Crippen LogP contribution in [0.5, 0.6) is 0 Å². The van der Waals surface area contributed by atoms with Crippen LogP contribution in [0.3, 0.4) is 0 Å². The predicted molar refractivity (Wildman–Crippen MR) is 46.8 cm³/mol. The highest BCUT2D eigenvalue weighted by molar-refractivity contribution is 5.69. The molecule has 0 radical (unpaired) electrons. The third-order valence-corrected chi connectivity index (χ3v) is 1.53. The molecular weight excluding hydrogens is 156 g/mol. The van der Waals surface area contributed by atoms with Crippen molar-refractivity contribution < 1.29 is 14.6 Å². The van der Waals surface area contributed by atoms with Crippen LogP contribution in [0.1, 0.15) is 39.5 Å². The molecule has 1 unspecified atom stereocenters. The van der Waals surface area contributed by atoms with Gasteiger partial charge in [0.05, 0.1) is 12.7 Å². The highest BCUT2D eigenvalue weighted by Gasteiger charge is 2.04. The molecule has 0 aromatic rings. The fourth-order valence-electron chi connectivity index (χ4n) is 0.729. The predicted octanol–water partition coefficient (Wildman–Crippen LogP) is 1.49. The molecule has 0 spiro atoms. The van der Waals surface area contributed by atoms with Crippen LogP contribution in [0.2, 0.25) is 0 Å². The van der Waals surface area contributed by atoms with Gasteiger partial charge < -0.3 is 9.84 Å². The molecule has 12 heavy (non-hydrogen) atoms. The second kappa shape index (κ2) is 7.10. The second-order valence-corrected chi connectivity index (χ2v) is 2.96. The van der Waals surface area contributed by atoms with E-state index in [-0.39, 0.29) is 5.97 Å². The van der Waals surface area contributed by atoms with Gasteiger partial charge in [0.1, 0.15) is 0 Å². The van der Waals surface area contributed by atoms with Crippen LogP contribution >= 0.6 is 0 Å². The third kappa shape index (κ3) is 7.54. The number of carbonyl (C=O) groups excluding carboxylic acids is 1. The quantitative estimate of drug-likeness (QED) is 0.490. The van der Waals surface area contributed by atoms with E-state index in [1.165, 1.54) is 0 Å². The van der Waals surface area contributed by atoms with Crippen LogP contribution in [-0.4, -0.2) is 23.8 Å². The molecule has 0 aliphatic carbocycles. The molecule has 72 valence electrons. The number of aliphatic hydroxyl groups is 1. The summed E-state index contributed by atoms with van der Waals surface area (Å²) < 4.78 is 4.88. The van der Waals surface area contributed by atoms with Crippen molar-refractivity contribution in [1.82, 2.24) is 0 Å². The van der Waals surface area contributed by atoms with Crippen LogP contribution in [0.4, 0.5) is 0 Å². The van der Waals surface area contributed by atoms with Gasteiger partial charge >= 0.3 is 5.97 Å². The second-order valence-electron chi connectivity index (χ2n) is 2.96. The number of hydrogen-bond acceptors (Lipinski definition) is 3. The summed E-state index contributed by atoms with van der Waals surface area (Å²) in [6.45, 7) is 4.22. The normalized spacial score (nSPS) is 12.6. The van der Waals surface area contributed by atoms with Crippen LogP contribution < -0.4 is 0 Å². The molecule has 0 aromatic carbocycles. The first-order chi connectivity index (χ1) is 5.66. The van der Waals surface area contributed by atoms with E-state index in [1.54, 1.807) is 6.92 Å². The Balaban J connectivity index is 3.22. The van der Waals surface area contributed by atoms with E-state index >= 15 is 0 Å². The van der Waals surface area contributed by atoms with Crippen LogP contribution in [-0.2, 0) is 9.53 Å². The fourth-order valence-corrected chi connectivity index (χ4v) is 0.729. The largest absolute Gasteiger partial charge is 0.466 e. The molecule has 0 rings (SSSR count). The van der Waals surface area contributed by atoms with Gasteiger partial charge in [0.15, 0.2) is 0 Å². The van der Waals surface area contributed by atoms with Gasteiger partial charge in [-0.25, -0.2) is 0 Å². The molecule has 0 amide bonds. The Hall–Kier alpha value is -0.570. The summed E-state index contributed by atoms with van der Waals surface area (Å²) in [5, 5.41) is 8.87. The zero-order valence-corrected chi connectivity index (χ0v) is 7.88. The summed E-state index contributed by atoms with van der Waals surface area (Å²) in [5.74, 6) is -0.204. The summed E-state index contributed by atoms with van der Waals surface area (Å²) in [6.07, 6.45) is 2.35. The topological polar surface area (TPSA) is 46.5 Å². The fraction of sp³-hybridized carbons (Fsp3) is 0.889. The lowest BCUT2D eigenvalue weighted by Crippen LogP contribution is -2.09. The highest BCUT2D eigenvalue weighted by atomic mass is 16.5. The van der Waals surface area contributed by atoms with E-state index in [9.17, 15) is 4.79 Å². The zero-order chi connectivity index (χ0) is 9.40. The summed E-state index contributed by atoms with van der Waals surface area (Å²) in [7, 11) is 0. The van der Waals surface area contributed by atoms with Gasteiger partial charge in [-0.1, -0.05) is 13.3 Å². The van der Waals surface area contributed by atoms with E-state index in [0.717, 1.165) is 12.8 Å². The molecule has 0 heterocycles. The van der Waals surface area contributed by atoms with Crippen molar-refractivity contribution in [1.29, 1.82) is 0 Å². The molecule has 0 saturated heterocycles. The molecule has 0 fully saturated rings. The monoisotopic (exact) mass is 174 g/mol. The van der Waals surface area contributed by atoms with Crippen molar-refractivity contribution >= 4 is 5.97 Å². The number of hydrogen-bond donors (Lipinski definition) is 1. The summed E-state index contributed by atoms with van der Waals surface area (Å²) in [6, 6.07) is 0. The van der Waals surface area contributed by atoms with Crippen molar-refractivity contribution in [2.24, 2.45) is 0 Å². The molecule has 0 saturated carbocycles. The third-order valence-electron chi connectivity index (χ3n) is 1.53. The zero-order valence-electron chi connectivity index (χ0n) is 7.88. The standard InChI is InChI=1S/C9H18O3/c1-3-4-7-12-9(11)6-5-8(2)10/h8,10H,3-7H2,1-2H3. The highest BCUT2D eigenvalue weighted by Crippen LogP contribution is 1.98. The Morgan fingerprint density at radius 1 is 1.58 bits per heavy atom. The Morgan fingerprint density at radius 3 is 2.75 bits per heavy atom. The van der Waals surface area contributed by atoms with E-state index in [4.69, 9.17) is 9.84 Å². The van der Waals surface area contributed by atoms with Crippen molar-refractivity contribution in [3.8, 4) is 0 Å². The minimum Gasteiger partial charge on any atom is -0.466 e. The lowest BCUT2D eigenvalue weighted by molar-refractivity contribution is -0.144. The molecule has 3 nitrogen and oxygen atoms in total. The van der Waals surface area contributed by atoms with Gasteiger partial charge in [0, 0.05) is 6.42 Å². The van der Waals surface area contributed by atoms with Crippen molar-refractivity contribution in [3.05, 3.63) is 0 Å². The summed E-state index contributed by atoms with van der Waals surface area (Å²) in [5.41, 5.74) is 0. The molecule has 0 aliphatic rings. The number of rotatable bonds is 6. The average Bonchev–Trinajstić information content (AvgIpc) is 2.01. The van der Waals surface area contributed by atoms with Crippen LogP contribution in [0.25, 0.3) is 0 Å². The number of esters is 1. The Kier molecular flexibility index (Phi) is 6.76. The SMILES string of the molecule is CCCCOC(=O)CCC(C)O. The van der Waals surface area contributed by atoms with E-state index < -0.39 is 6.10 Å². The molecule has 0 aliphatic heterocycles. The number of ether oxygens (including phenoxy) is 1. The first-order valence-corrected chi connectivity index (χ1v) is 4.50. The van der Waals surface area contributed by atoms with Gasteiger partial charge in [-0.05, 0) is 19.8 Å². The molecule has 3 heteroatoms. The summed E-state index contributed by atoms with van der Waals surface area (Å²) >= 11 is 0. The smallest absolute Gasteiger partial charge is 0.305 e. The molecule has 0 bridgehead atoms. The maximum atomic E-state index is 10.9. The number of carbonyl (C=O) groups is 1. The maximum absolute atomic E-state index is 10.9. The Labute approximate surface area is 73.7 Å². The van der Waals surface area contributed by atoms with Crippen molar-refractivity contribution in [3.63, 3.8) is 0 Å². The van der Waals surface area contributed by atoms with Crippen molar-refractivity contribution in [2.45, 2.75) is 45.6 Å². The van der Waals surface area contributed by atoms with E-state index in [0.29, 0.717) is 19.4 Å². The van der Waals surface area contributed by atoms with E-state index in [2.05, 4.69) is 0 Å². The van der Waals surface area contributed by atoms with Gasteiger partial charge in [-0.15, -0.1) is 0 Å². The first kappa shape index (κ1) is 11.4. The first-order valence-electron chi connectivity index (χ1n) is 4.50. The molecular formula is C9H18O3. The minimum atomic E-state index is -0.413. The van der Waals surface area contributed by atoms with Gasteiger partial charge in [0.25, 0.3) is 0 Å². The average molecular weight is 174 g/mol. The Bertz CT molecular complexity index is 121. The number of unbranched alkanes of at least 4 members (excludes halogenated alkanes) is 1. The maximum Gasteiger partial charge on any atom is 0.305 e. The molecule has 0 aromatic heterocycles. The van der Waals surface area contributed by atoms with Crippen LogP contribution in [0, 0.1) is 0 Å². The van der Waals surface area contributed by atoms with Gasteiger partial charge in [-0.2, -0.15) is 0 Å². The minimum absolute atomic E-state index is 0.204. The van der Waals surface area contributed by atoms with Crippen LogP contribution in [0.15, 0.2) is 0 Å².